The molecule has 0 radical (unpaired) electrons. The van der Waals surface area contributed by atoms with E-state index in [4.69, 9.17) is 14.2 Å². The van der Waals surface area contributed by atoms with Gasteiger partial charge >= 0.3 is 0 Å². The van der Waals surface area contributed by atoms with Gasteiger partial charge < -0.3 is 19.3 Å². The van der Waals surface area contributed by atoms with E-state index in [9.17, 15) is 9.90 Å². The molecule has 0 aliphatic carbocycles. The van der Waals surface area contributed by atoms with E-state index in [0.717, 1.165) is 35.5 Å². The highest BCUT2D eigenvalue weighted by Crippen LogP contribution is 2.47. The number of anilines is 2. The van der Waals surface area contributed by atoms with Crippen molar-refractivity contribution in [3.8, 4) is 17.2 Å². The van der Waals surface area contributed by atoms with Crippen LogP contribution < -0.4 is 19.6 Å². The van der Waals surface area contributed by atoms with Crippen molar-refractivity contribution in [1.29, 1.82) is 0 Å². The second kappa shape index (κ2) is 12.6. The molecule has 2 aliphatic rings. The minimum absolute atomic E-state index is 0.0291. The molecule has 2 heterocycles. The first-order valence-corrected chi connectivity index (χ1v) is 18.6. The Morgan fingerprint density at radius 1 is 0.864 bits per heavy atom. The maximum atomic E-state index is 13.9. The van der Waals surface area contributed by atoms with Crippen molar-refractivity contribution in [2.45, 2.75) is 57.0 Å². The molecule has 6 nitrogen and oxygen atoms in total. The zero-order valence-corrected chi connectivity index (χ0v) is 26.9. The average molecular weight is 608 g/mol. The van der Waals surface area contributed by atoms with E-state index in [1.54, 1.807) is 12.0 Å². The first-order valence-electron chi connectivity index (χ1n) is 15.5. The highest BCUT2D eigenvalue weighted by Gasteiger charge is 2.50. The van der Waals surface area contributed by atoms with Gasteiger partial charge in [-0.15, -0.1) is 0 Å². The van der Waals surface area contributed by atoms with Crippen LogP contribution in [-0.2, 0) is 11.2 Å². The number of aryl methyl sites for hydroxylation is 1. The second-order valence-corrected chi connectivity index (χ2v) is 17.2. The lowest BCUT2D eigenvalue weighted by Gasteiger charge is -2.36. The Hall–Kier alpha value is -3.91. The third kappa shape index (κ3) is 5.67. The number of hydrogen-bond acceptors (Lipinski definition) is 5. The number of nitrogens with zero attached hydrogens (tertiary/aromatic N) is 1. The van der Waals surface area contributed by atoms with Crippen molar-refractivity contribution in [3.63, 3.8) is 0 Å². The van der Waals surface area contributed by atoms with Gasteiger partial charge in [0.1, 0.15) is 11.5 Å². The number of aliphatic hydroxyl groups is 1. The van der Waals surface area contributed by atoms with E-state index in [1.807, 2.05) is 72.8 Å². The Morgan fingerprint density at radius 3 is 2.34 bits per heavy atom. The highest BCUT2D eigenvalue weighted by atomic mass is 28.3. The van der Waals surface area contributed by atoms with Gasteiger partial charge in [-0.2, -0.15) is 0 Å². The van der Waals surface area contributed by atoms with E-state index in [-0.39, 0.29) is 24.7 Å². The molecule has 0 aromatic heterocycles. The van der Waals surface area contributed by atoms with Crippen LogP contribution in [-0.4, -0.2) is 45.0 Å². The van der Waals surface area contributed by atoms with Crippen LogP contribution in [0.4, 0.5) is 11.4 Å². The Kier molecular flexibility index (Phi) is 8.63. The molecular weight excluding hydrogens is 566 g/mol. The number of carbonyl (C=O) groups excluding carboxylic acids is 1. The SMILES string of the molecule is COc1ccc([Si](C)(C)[C@@H]2[C@@H](C)[C@@H](CCc3cccc(N4C(=O)c5ccccc5Oc5ccccc54)c3)O[C@H]2CCO)cc1. The largest absolute Gasteiger partial charge is 0.497 e. The van der Waals surface area contributed by atoms with Crippen LogP contribution >= 0.6 is 0 Å². The van der Waals surface area contributed by atoms with Crippen molar-refractivity contribution >= 4 is 30.5 Å². The number of aliphatic hydroxyl groups excluding tert-OH is 1. The minimum atomic E-state index is -1.95. The van der Waals surface area contributed by atoms with Crippen LogP contribution in [0.2, 0.25) is 18.6 Å². The van der Waals surface area contributed by atoms with Gasteiger partial charge in [-0.3, -0.25) is 9.69 Å². The lowest BCUT2D eigenvalue weighted by atomic mass is 9.95. The zero-order chi connectivity index (χ0) is 30.8. The summed E-state index contributed by atoms with van der Waals surface area (Å²) in [5.41, 5.74) is 3.59. The van der Waals surface area contributed by atoms with Gasteiger partial charge in [0, 0.05) is 12.3 Å². The quantitative estimate of drug-likeness (QED) is 0.200. The molecule has 2 aliphatic heterocycles. The number of fused-ring (bicyclic) bond motifs is 2. The fourth-order valence-electron chi connectivity index (χ4n) is 7.27. The Bertz CT molecular complexity index is 1620. The van der Waals surface area contributed by atoms with Gasteiger partial charge in [0.25, 0.3) is 5.91 Å². The lowest BCUT2D eigenvalue weighted by molar-refractivity contribution is 0.0196. The van der Waals surface area contributed by atoms with E-state index in [1.165, 1.54) is 5.19 Å². The molecule has 4 aromatic carbocycles. The van der Waals surface area contributed by atoms with Crippen molar-refractivity contribution < 1.29 is 24.1 Å². The molecule has 4 aromatic rings. The van der Waals surface area contributed by atoms with Crippen molar-refractivity contribution in [2.75, 3.05) is 18.6 Å². The maximum Gasteiger partial charge on any atom is 0.266 e. The molecule has 0 saturated carbocycles. The summed E-state index contributed by atoms with van der Waals surface area (Å²) >= 11 is 0. The molecule has 0 spiro atoms. The topological polar surface area (TPSA) is 68.2 Å². The molecule has 1 saturated heterocycles. The smallest absolute Gasteiger partial charge is 0.266 e. The molecule has 7 heteroatoms. The number of benzene rings is 4. The van der Waals surface area contributed by atoms with Crippen LogP contribution in [0.3, 0.4) is 0 Å². The number of para-hydroxylation sites is 3. The summed E-state index contributed by atoms with van der Waals surface area (Å²) in [6.07, 6.45) is 2.45. The Balaban J connectivity index is 1.23. The molecule has 228 valence electrons. The predicted molar refractivity (Wildman–Crippen MR) is 178 cm³/mol. The highest BCUT2D eigenvalue weighted by molar-refractivity contribution is 6.91. The molecule has 44 heavy (non-hydrogen) atoms. The van der Waals surface area contributed by atoms with Crippen LogP contribution in [0.25, 0.3) is 0 Å². The number of amides is 1. The van der Waals surface area contributed by atoms with Crippen LogP contribution in [0.5, 0.6) is 17.2 Å². The Labute approximate surface area is 261 Å². The fraction of sp³-hybridized carbons (Fsp3) is 0.324. The summed E-state index contributed by atoms with van der Waals surface area (Å²) in [6.45, 7) is 7.29. The third-order valence-corrected chi connectivity index (χ3v) is 13.9. The van der Waals surface area contributed by atoms with Crippen LogP contribution in [0.1, 0.15) is 35.7 Å². The van der Waals surface area contributed by atoms with Gasteiger partial charge in [-0.1, -0.05) is 73.7 Å². The summed E-state index contributed by atoms with van der Waals surface area (Å²) < 4.78 is 18.3. The number of rotatable bonds is 9. The van der Waals surface area contributed by atoms with Crippen molar-refractivity contribution in [2.24, 2.45) is 5.92 Å². The monoisotopic (exact) mass is 607 g/mol. The van der Waals surface area contributed by atoms with Gasteiger partial charge in [0.15, 0.2) is 5.75 Å². The number of hydrogen-bond donors (Lipinski definition) is 1. The second-order valence-electron chi connectivity index (χ2n) is 12.5. The molecule has 1 fully saturated rings. The molecule has 0 unspecified atom stereocenters. The van der Waals surface area contributed by atoms with E-state index < -0.39 is 8.07 Å². The maximum absolute atomic E-state index is 13.9. The molecule has 4 atom stereocenters. The minimum Gasteiger partial charge on any atom is -0.497 e. The molecule has 0 bridgehead atoms. The normalized spacial score (nSPS) is 21.3. The van der Waals surface area contributed by atoms with Crippen molar-refractivity contribution in [1.82, 2.24) is 0 Å². The van der Waals surface area contributed by atoms with E-state index in [2.05, 4.69) is 44.3 Å². The molecule has 1 amide bonds. The molecule has 1 N–H and O–H groups in total. The number of methoxy groups -OCH3 is 1. The summed E-state index contributed by atoms with van der Waals surface area (Å²) in [5.74, 6) is 2.31. The first-order chi connectivity index (χ1) is 21.3. The fourth-order valence-corrected chi connectivity index (χ4v) is 11.4. The standard InChI is InChI=1S/C37H41NO5Si/c1-25-32(42-35(22-23-39)36(25)44(3,4)29-19-17-28(41-2)18-20-29)21-16-26-10-9-11-27(24-26)38-31-13-6-8-15-34(31)43-33-14-7-5-12-30(33)37(38)40/h5-15,17-20,24-25,32,35-36,39H,16,21-23H2,1-4H3/t25-,32+,35-,36+/m0/s1. The van der Waals surface area contributed by atoms with Gasteiger partial charge in [-0.05, 0) is 84.8 Å². The third-order valence-electron chi connectivity index (χ3n) is 9.52. The van der Waals surface area contributed by atoms with Crippen LogP contribution in [0, 0.1) is 5.92 Å². The lowest BCUT2D eigenvalue weighted by Crippen LogP contribution is -2.50. The molecular formula is C37H41NO5Si. The average Bonchev–Trinajstić information content (AvgIpc) is 3.29. The first kappa shape index (κ1) is 30.1. The number of carbonyl (C=O) groups is 1. The van der Waals surface area contributed by atoms with Gasteiger partial charge in [0.2, 0.25) is 0 Å². The summed E-state index contributed by atoms with van der Waals surface area (Å²) in [5, 5.41) is 11.3. The van der Waals surface area contributed by atoms with Crippen molar-refractivity contribution in [3.05, 3.63) is 108 Å². The van der Waals surface area contributed by atoms with E-state index in [0.29, 0.717) is 34.9 Å². The molecule has 6 rings (SSSR count). The summed E-state index contributed by atoms with van der Waals surface area (Å²) in [7, 11) is -0.255. The predicted octanol–water partition coefficient (Wildman–Crippen LogP) is 7.48. The Morgan fingerprint density at radius 2 is 1.59 bits per heavy atom. The number of ether oxygens (including phenoxy) is 3. The summed E-state index contributed by atoms with van der Waals surface area (Å²) in [6, 6.07) is 31.8. The van der Waals surface area contributed by atoms with Gasteiger partial charge in [0.05, 0.1) is 38.6 Å². The van der Waals surface area contributed by atoms with Crippen LogP contribution in [0.15, 0.2) is 97.1 Å². The van der Waals surface area contributed by atoms with Gasteiger partial charge in [-0.25, -0.2) is 0 Å². The zero-order valence-electron chi connectivity index (χ0n) is 25.9. The summed E-state index contributed by atoms with van der Waals surface area (Å²) in [4.78, 5) is 15.7. The van der Waals surface area contributed by atoms with E-state index >= 15 is 0 Å².